The van der Waals surface area contributed by atoms with Gasteiger partial charge >= 0.3 is 6.18 Å². The Balaban J connectivity index is 2.29. The lowest BCUT2D eigenvalue weighted by atomic mass is 10.2. The first-order valence-corrected chi connectivity index (χ1v) is 6.77. The van der Waals surface area contributed by atoms with E-state index in [0.717, 1.165) is 25.7 Å². The summed E-state index contributed by atoms with van der Waals surface area (Å²) in [6.45, 7) is -0.241. The van der Waals surface area contributed by atoms with Crippen molar-refractivity contribution in [1.82, 2.24) is 4.90 Å². The minimum Gasteiger partial charge on any atom is -0.409 e. The largest absolute Gasteiger partial charge is 0.411 e. The Morgan fingerprint density at radius 1 is 1.35 bits per heavy atom. The molecule has 1 saturated carbocycles. The second-order valence-electron chi connectivity index (χ2n) is 5.02. The first-order chi connectivity index (χ1) is 9.42. The van der Waals surface area contributed by atoms with Crippen LogP contribution < -0.4 is 5.73 Å². The van der Waals surface area contributed by atoms with Gasteiger partial charge in [-0.25, -0.2) is 0 Å². The highest BCUT2D eigenvalue weighted by atomic mass is 19.4. The number of amidine groups is 1. The van der Waals surface area contributed by atoms with Crippen molar-refractivity contribution in [1.29, 1.82) is 0 Å². The summed E-state index contributed by atoms with van der Waals surface area (Å²) in [7, 11) is 0. The number of nitrogens with two attached hydrogens (primary N) is 1. The molecular weight excluding hydrogens is 275 g/mol. The van der Waals surface area contributed by atoms with Crippen molar-refractivity contribution in [3.8, 4) is 0 Å². The van der Waals surface area contributed by atoms with Crippen LogP contribution in [0.2, 0.25) is 0 Å². The van der Waals surface area contributed by atoms with E-state index >= 15 is 0 Å². The van der Waals surface area contributed by atoms with Crippen LogP contribution in [0, 0.1) is 0 Å². The van der Waals surface area contributed by atoms with Crippen molar-refractivity contribution in [2.75, 3.05) is 26.3 Å². The van der Waals surface area contributed by atoms with E-state index in [1.165, 1.54) is 0 Å². The summed E-state index contributed by atoms with van der Waals surface area (Å²) < 4.78 is 40.3. The number of nitrogens with zero attached hydrogens (tertiary/aromatic N) is 2. The van der Waals surface area contributed by atoms with Gasteiger partial charge in [0.05, 0.1) is 6.54 Å². The topological polar surface area (TPSA) is 71.1 Å². The van der Waals surface area contributed by atoms with Gasteiger partial charge in [0.25, 0.3) is 0 Å². The predicted octanol–water partition coefficient (Wildman–Crippen LogP) is 1.95. The van der Waals surface area contributed by atoms with E-state index in [1.54, 1.807) is 0 Å². The van der Waals surface area contributed by atoms with Gasteiger partial charge in [-0.1, -0.05) is 18.0 Å². The second kappa shape index (κ2) is 8.31. The summed E-state index contributed by atoms with van der Waals surface area (Å²) in [5, 5.41) is 11.6. The Labute approximate surface area is 116 Å². The molecule has 118 valence electrons. The van der Waals surface area contributed by atoms with Crippen LogP contribution >= 0.6 is 0 Å². The van der Waals surface area contributed by atoms with E-state index in [0.29, 0.717) is 25.6 Å². The van der Waals surface area contributed by atoms with Crippen LogP contribution in [0.15, 0.2) is 5.16 Å². The van der Waals surface area contributed by atoms with Crippen LogP contribution in [0.1, 0.15) is 32.1 Å². The molecule has 0 heterocycles. The molecule has 0 spiro atoms. The third-order valence-corrected chi connectivity index (χ3v) is 3.33. The smallest absolute Gasteiger partial charge is 0.409 e. The number of hydrogen-bond acceptors (Lipinski definition) is 4. The highest BCUT2D eigenvalue weighted by Crippen LogP contribution is 2.23. The van der Waals surface area contributed by atoms with E-state index in [2.05, 4.69) is 14.8 Å². The van der Waals surface area contributed by atoms with Crippen LogP contribution in [0.4, 0.5) is 13.2 Å². The summed E-state index contributed by atoms with van der Waals surface area (Å²) in [6, 6.07) is 0.359. The molecule has 1 rings (SSSR count). The van der Waals surface area contributed by atoms with Gasteiger partial charge in [0.2, 0.25) is 0 Å². The molecule has 0 bridgehead atoms. The Kier molecular flexibility index (Phi) is 7.08. The summed E-state index contributed by atoms with van der Waals surface area (Å²) in [6.07, 6.45) is 0.582. The van der Waals surface area contributed by atoms with E-state index in [4.69, 9.17) is 10.9 Å². The lowest BCUT2D eigenvalue weighted by Gasteiger charge is -2.28. The summed E-state index contributed by atoms with van der Waals surface area (Å²) in [5.74, 6) is 0.119. The number of rotatable bonds is 8. The normalized spacial score (nSPS) is 18.1. The number of alkyl halides is 3. The lowest BCUT2D eigenvalue weighted by molar-refractivity contribution is -0.174. The maximum atomic E-state index is 11.9. The highest BCUT2D eigenvalue weighted by Gasteiger charge is 2.27. The minimum atomic E-state index is -4.28. The minimum absolute atomic E-state index is 0.0545. The first-order valence-electron chi connectivity index (χ1n) is 6.77. The van der Waals surface area contributed by atoms with E-state index in [-0.39, 0.29) is 12.4 Å². The number of oxime groups is 1. The Morgan fingerprint density at radius 2 is 2.00 bits per heavy atom. The predicted molar refractivity (Wildman–Crippen MR) is 68.7 cm³/mol. The fraction of sp³-hybridized carbons (Fsp3) is 0.917. The average molecular weight is 297 g/mol. The Morgan fingerprint density at radius 3 is 2.55 bits per heavy atom. The lowest BCUT2D eigenvalue weighted by Crippen LogP contribution is -2.41. The number of ether oxygens (including phenoxy) is 1. The maximum Gasteiger partial charge on any atom is 0.411 e. The van der Waals surface area contributed by atoms with Crippen molar-refractivity contribution in [3.63, 3.8) is 0 Å². The molecule has 0 radical (unpaired) electrons. The van der Waals surface area contributed by atoms with Crippen molar-refractivity contribution >= 4 is 5.84 Å². The SMILES string of the molecule is NC(CN(CCCOCC(F)(F)F)C1CCCC1)=NO. The molecule has 20 heavy (non-hydrogen) atoms. The second-order valence-corrected chi connectivity index (χ2v) is 5.02. The molecule has 0 aromatic carbocycles. The Hall–Kier alpha value is -1.02. The van der Waals surface area contributed by atoms with Crippen molar-refractivity contribution in [2.45, 2.75) is 44.3 Å². The summed E-state index contributed by atoms with van der Waals surface area (Å²) in [4.78, 5) is 2.05. The third kappa shape index (κ3) is 6.95. The average Bonchev–Trinajstić information content (AvgIpc) is 2.89. The quantitative estimate of drug-likeness (QED) is 0.236. The monoisotopic (exact) mass is 297 g/mol. The molecule has 0 amide bonds. The van der Waals surface area contributed by atoms with E-state index in [9.17, 15) is 13.2 Å². The molecule has 0 aromatic heterocycles. The standard InChI is InChI=1S/C12H22F3N3O2/c13-12(14,15)9-20-7-3-6-18(8-11(16)17-19)10-4-1-2-5-10/h10,19H,1-9H2,(H2,16,17). The molecular formula is C12H22F3N3O2. The third-order valence-electron chi connectivity index (χ3n) is 3.33. The number of halogens is 3. The van der Waals surface area contributed by atoms with Gasteiger partial charge < -0.3 is 15.7 Å². The van der Waals surface area contributed by atoms with Crippen LogP contribution in [0.25, 0.3) is 0 Å². The van der Waals surface area contributed by atoms with Gasteiger partial charge in [0.15, 0.2) is 5.84 Å². The molecule has 1 aliphatic rings. The molecule has 0 saturated heterocycles. The fourth-order valence-corrected chi connectivity index (χ4v) is 2.46. The molecule has 1 fully saturated rings. The first kappa shape index (κ1) is 17.0. The maximum absolute atomic E-state index is 11.9. The van der Waals surface area contributed by atoms with Gasteiger partial charge in [-0.2, -0.15) is 13.2 Å². The van der Waals surface area contributed by atoms with Gasteiger partial charge in [-0.05, 0) is 19.3 Å². The van der Waals surface area contributed by atoms with Crippen LogP contribution in [0.3, 0.4) is 0 Å². The molecule has 5 nitrogen and oxygen atoms in total. The summed E-state index contributed by atoms with van der Waals surface area (Å²) >= 11 is 0. The van der Waals surface area contributed by atoms with Crippen LogP contribution in [-0.4, -0.2) is 54.5 Å². The van der Waals surface area contributed by atoms with Gasteiger partial charge in [-0.15, -0.1) is 0 Å². The van der Waals surface area contributed by atoms with E-state index < -0.39 is 12.8 Å². The fourth-order valence-electron chi connectivity index (χ4n) is 2.46. The van der Waals surface area contributed by atoms with Crippen molar-refractivity contribution in [3.05, 3.63) is 0 Å². The Bertz CT molecular complexity index is 305. The van der Waals surface area contributed by atoms with Crippen molar-refractivity contribution < 1.29 is 23.1 Å². The molecule has 3 N–H and O–H groups in total. The molecule has 0 aromatic rings. The van der Waals surface area contributed by atoms with Crippen LogP contribution in [0.5, 0.6) is 0 Å². The zero-order valence-corrected chi connectivity index (χ0v) is 11.4. The number of hydrogen-bond donors (Lipinski definition) is 2. The molecule has 8 heteroatoms. The van der Waals surface area contributed by atoms with E-state index in [1.807, 2.05) is 0 Å². The van der Waals surface area contributed by atoms with Crippen LogP contribution in [-0.2, 0) is 4.74 Å². The zero-order valence-electron chi connectivity index (χ0n) is 11.4. The van der Waals surface area contributed by atoms with Crippen molar-refractivity contribution in [2.24, 2.45) is 10.9 Å². The molecule has 0 atom stereocenters. The van der Waals surface area contributed by atoms with Gasteiger partial charge in [0.1, 0.15) is 6.61 Å². The summed E-state index contributed by atoms with van der Waals surface area (Å²) in [5.41, 5.74) is 5.51. The molecule has 1 aliphatic carbocycles. The van der Waals surface area contributed by atoms with Gasteiger partial charge in [-0.3, -0.25) is 4.90 Å². The van der Waals surface area contributed by atoms with Gasteiger partial charge in [0, 0.05) is 19.2 Å². The molecule has 0 unspecified atom stereocenters. The molecule has 0 aliphatic heterocycles. The highest BCUT2D eigenvalue weighted by molar-refractivity contribution is 5.81. The zero-order chi connectivity index (χ0) is 15.0.